The van der Waals surface area contributed by atoms with Crippen LogP contribution in [0.4, 0.5) is 17.2 Å². The average Bonchev–Trinajstić information content (AvgIpc) is 2.66. The summed E-state index contributed by atoms with van der Waals surface area (Å²) in [6.07, 6.45) is 1.43. The van der Waals surface area contributed by atoms with E-state index in [2.05, 4.69) is 20.3 Å². The number of aryl methyl sites for hydroxylation is 2. The molecule has 0 amide bonds. The van der Waals surface area contributed by atoms with Crippen LogP contribution < -0.4 is 15.8 Å². The van der Waals surface area contributed by atoms with Gasteiger partial charge in [-0.3, -0.25) is 4.98 Å². The highest BCUT2D eigenvalue weighted by atomic mass is 16.5. The van der Waals surface area contributed by atoms with Crippen molar-refractivity contribution < 1.29 is 4.74 Å². The highest BCUT2D eigenvalue weighted by Gasteiger charge is 2.12. The van der Waals surface area contributed by atoms with E-state index in [0.717, 1.165) is 27.8 Å². The summed E-state index contributed by atoms with van der Waals surface area (Å²) >= 11 is 0. The van der Waals surface area contributed by atoms with Crippen LogP contribution in [0.1, 0.15) is 11.3 Å². The molecule has 0 aliphatic rings. The maximum atomic E-state index is 6.25. The maximum Gasteiger partial charge on any atom is 0.248 e. The fourth-order valence-electron chi connectivity index (χ4n) is 2.77. The van der Waals surface area contributed by atoms with Crippen molar-refractivity contribution in [2.24, 2.45) is 0 Å². The molecule has 3 N–H and O–H groups in total. The largest absolute Gasteiger partial charge is 0.437 e. The molecule has 0 unspecified atom stereocenters. The second kappa shape index (κ2) is 6.92. The normalized spacial score (nSPS) is 10.7. The molecule has 0 spiro atoms. The summed E-state index contributed by atoms with van der Waals surface area (Å²) in [6.45, 7) is 3.99. The molecule has 2 heterocycles. The molecule has 0 aliphatic heterocycles. The van der Waals surface area contributed by atoms with E-state index in [1.807, 2.05) is 68.4 Å². The van der Waals surface area contributed by atoms with Gasteiger partial charge in [0.05, 0.1) is 5.52 Å². The molecule has 0 saturated heterocycles. The van der Waals surface area contributed by atoms with Crippen LogP contribution in [-0.2, 0) is 0 Å². The summed E-state index contributed by atoms with van der Waals surface area (Å²) in [5.74, 6) is 1.47. The summed E-state index contributed by atoms with van der Waals surface area (Å²) in [7, 11) is 0. The molecular weight excluding hydrogens is 338 g/mol. The third-order valence-corrected chi connectivity index (χ3v) is 4.21. The maximum absolute atomic E-state index is 6.25. The number of aromatic nitrogens is 3. The Kier molecular flexibility index (Phi) is 4.30. The molecule has 134 valence electrons. The number of ether oxygens (including phenoxy) is 1. The van der Waals surface area contributed by atoms with E-state index in [9.17, 15) is 0 Å². The summed E-state index contributed by atoms with van der Waals surface area (Å²) in [6, 6.07) is 17.6. The summed E-state index contributed by atoms with van der Waals surface area (Å²) in [5.41, 5.74) is 10.5. The average molecular weight is 357 g/mol. The molecule has 0 fully saturated rings. The van der Waals surface area contributed by atoms with Gasteiger partial charge in [0, 0.05) is 16.8 Å². The van der Waals surface area contributed by atoms with Crippen molar-refractivity contribution in [3.8, 4) is 11.6 Å². The molecule has 4 rings (SSSR count). The van der Waals surface area contributed by atoms with Crippen LogP contribution in [0, 0.1) is 13.8 Å². The van der Waals surface area contributed by atoms with Crippen LogP contribution in [-0.4, -0.2) is 15.0 Å². The number of fused-ring (bicyclic) bond motifs is 1. The van der Waals surface area contributed by atoms with Gasteiger partial charge in [-0.25, -0.2) is 4.98 Å². The third-order valence-electron chi connectivity index (χ3n) is 4.21. The lowest BCUT2D eigenvalue weighted by Gasteiger charge is -2.13. The Balaban J connectivity index is 1.66. The number of nitrogens with zero attached hydrogens (tertiary/aromatic N) is 3. The zero-order valence-electron chi connectivity index (χ0n) is 15.1. The molecule has 0 bridgehead atoms. The van der Waals surface area contributed by atoms with E-state index in [4.69, 9.17) is 10.5 Å². The minimum atomic E-state index is 0.311. The van der Waals surface area contributed by atoms with E-state index in [1.54, 1.807) is 0 Å². The quantitative estimate of drug-likeness (QED) is 0.548. The molecule has 6 nitrogen and oxygen atoms in total. The van der Waals surface area contributed by atoms with Gasteiger partial charge in [0.15, 0.2) is 5.82 Å². The monoisotopic (exact) mass is 357 g/mol. The highest BCUT2D eigenvalue weighted by molar-refractivity contribution is 5.94. The van der Waals surface area contributed by atoms with Crippen LogP contribution in [0.3, 0.4) is 0 Å². The molecule has 0 saturated carbocycles. The summed E-state index contributed by atoms with van der Waals surface area (Å²) in [5, 5.41) is 4.26. The number of nitrogens with one attached hydrogen (secondary N) is 1. The topological polar surface area (TPSA) is 86.0 Å². The van der Waals surface area contributed by atoms with Crippen molar-refractivity contribution in [3.63, 3.8) is 0 Å². The van der Waals surface area contributed by atoms with E-state index >= 15 is 0 Å². The Bertz CT molecular complexity index is 1110. The Morgan fingerprint density at radius 2 is 1.74 bits per heavy atom. The molecular formula is C21H19N5O. The van der Waals surface area contributed by atoms with Gasteiger partial charge in [-0.05, 0) is 50.2 Å². The van der Waals surface area contributed by atoms with Crippen molar-refractivity contribution in [2.75, 3.05) is 11.1 Å². The summed E-state index contributed by atoms with van der Waals surface area (Å²) in [4.78, 5) is 13.0. The Morgan fingerprint density at radius 3 is 2.56 bits per heavy atom. The second-order valence-corrected chi connectivity index (χ2v) is 6.31. The smallest absolute Gasteiger partial charge is 0.248 e. The van der Waals surface area contributed by atoms with Gasteiger partial charge in [-0.2, -0.15) is 4.98 Å². The molecule has 2 aromatic carbocycles. The van der Waals surface area contributed by atoms with Gasteiger partial charge >= 0.3 is 0 Å². The van der Waals surface area contributed by atoms with Crippen molar-refractivity contribution in [1.82, 2.24) is 15.0 Å². The number of nitrogen functional groups attached to an aromatic ring is 1. The minimum Gasteiger partial charge on any atom is -0.437 e. The van der Waals surface area contributed by atoms with E-state index in [-0.39, 0.29) is 0 Å². The van der Waals surface area contributed by atoms with Gasteiger partial charge in [0.2, 0.25) is 5.88 Å². The van der Waals surface area contributed by atoms with Crippen molar-refractivity contribution >= 4 is 28.1 Å². The first-order chi connectivity index (χ1) is 13.1. The lowest BCUT2D eigenvalue weighted by Crippen LogP contribution is -2.03. The van der Waals surface area contributed by atoms with E-state index in [1.165, 1.54) is 6.33 Å². The van der Waals surface area contributed by atoms with Crippen LogP contribution >= 0.6 is 0 Å². The molecule has 0 aliphatic carbocycles. The standard InChI is InChI=1S/C21H19N5O/c1-13-6-9-15(10-7-13)27-21-19(22)20(23-12-24-21)26-18-5-3-4-17-16(18)11-8-14(2)25-17/h3-12H,22H2,1-2H3,(H,23,24,26). The zero-order valence-corrected chi connectivity index (χ0v) is 15.1. The predicted molar refractivity (Wildman–Crippen MR) is 107 cm³/mol. The number of benzene rings is 2. The van der Waals surface area contributed by atoms with Gasteiger partial charge in [-0.1, -0.05) is 23.8 Å². The van der Waals surface area contributed by atoms with Gasteiger partial charge in [0.25, 0.3) is 0 Å². The van der Waals surface area contributed by atoms with Gasteiger partial charge < -0.3 is 15.8 Å². The van der Waals surface area contributed by atoms with Gasteiger partial charge in [0.1, 0.15) is 17.8 Å². The first-order valence-electron chi connectivity index (χ1n) is 8.58. The van der Waals surface area contributed by atoms with Crippen molar-refractivity contribution in [2.45, 2.75) is 13.8 Å². The van der Waals surface area contributed by atoms with Crippen LogP contribution in [0.25, 0.3) is 10.9 Å². The Hall–Kier alpha value is -3.67. The first kappa shape index (κ1) is 16.8. The second-order valence-electron chi connectivity index (χ2n) is 6.31. The lowest BCUT2D eigenvalue weighted by atomic mass is 10.1. The van der Waals surface area contributed by atoms with Gasteiger partial charge in [-0.15, -0.1) is 0 Å². The molecule has 27 heavy (non-hydrogen) atoms. The lowest BCUT2D eigenvalue weighted by molar-refractivity contribution is 0.464. The molecule has 2 aromatic heterocycles. The molecule has 6 heteroatoms. The number of nitrogens with two attached hydrogens (primary N) is 1. The molecule has 0 radical (unpaired) electrons. The number of hydrogen-bond donors (Lipinski definition) is 2. The minimum absolute atomic E-state index is 0.311. The number of hydrogen-bond acceptors (Lipinski definition) is 6. The van der Waals surface area contributed by atoms with Crippen LogP contribution in [0.5, 0.6) is 11.6 Å². The predicted octanol–water partition coefficient (Wildman–Crippen LogP) is 4.76. The Labute approximate surface area is 157 Å². The fourth-order valence-corrected chi connectivity index (χ4v) is 2.77. The Morgan fingerprint density at radius 1 is 0.926 bits per heavy atom. The van der Waals surface area contributed by atoms with E-state index in [0.29, 0.717) is 23.1 Å². The first-order valence-corrected chi connectivity index (χ1v) is 8.58. The van der Waals surface area contributed by atoms with E-state index < -0.39 is 0 Å². The van der Waals surface area contributed by atoms with Crippen molar-refractivity contribution in [3.05, 3.63) is 72.2 Å². The van der Waals surface area contributed by atoms with Crippen LogP contribution in [0.2, 0.25) is 0 Å². The zero-order chi connectivity index (χ0) is 18.8. The molecule has 0 atom stereocenters. The summed E-state index contributed by atoms with van der Waals surface area (Å²) < 4.78 is 5.82. The molecule has 4 aromatic rings. The third kappa shape index (κ3) is 3.50. The SMILES string of the molecule is Cc1ccc(Oc2ncnc(Nc3cccc4nc(C)ccc34)c2N)cc1. The number of anilines is 3. The number of rotatable bonds is 4. The number of pyridine rings is 1. The highest BCUT2D eigenvalue weighted by Crippen LogP contribution is 2.32. The van der Waals surface area contributed by atoms with Crippen LogP contribution in [0.15, 0.2) is 60.9 Å². The fraction of sp³-hybridized carbons (Fsp3) is 0.0952. The van der Waals surface area contributed by atoms with Crippen molar-refractivity contribution in [1.29, 1.82) is 0 Å².